The van der Waals surface area contributed by atoms with Crippen LogP contribution in [0, 0.1) is 0 Å². The lowest BCUT2D eigenvalue weighted by Crippen LogP contribution is -2.28. The molecule has 2 amide bonds. The average molecular weight is 414 g/mol. The van der Waals surface area contributed by atoms with Gasteiger partial charge in [0, 0.05) is 18.3 Å². The van der Waals surface area contributed by atoms with Crippen molar-refractivity contribution in [1.29, 1.82) is 0 Å². The summed E-state index contributed by atoms with van der Waals surface area (Å²) in [5.41, 5.74) is 0.872. The zero-order chi connectivity index (χ0) is 21.3. The maximum absolute atomic E-state index is 12.2. The van der Waals surface area contributed by atoms with Crippen molar-refractivity contribution >= 4 is 23.5 Å². The molecule has 0 bridgehead atoms. The Hall–Kier alpha value is -3.75. The normalized spacial score (nSPS) is 11.9. The fourth-order valence-corrected chi connectivity index (χ4v) is 2.74. The van der Waals surface area contributed by atoms with Gasteiger partial charge in [-0.3, -0.25) is 14.4 Å². The Bertz CT molecular complexity index is 929. The highest BCUT2D eigenvalue weighted by molar-refractivity contribution is 5.97. The number of hydrogen-bond donors (Lipinski definition) is 2. The number of nitrogens with one attached hydrogen (secondary N) is 2. The second-order valence-corrected chi connectivity index (χ2v) is 6.27. The van der Waals surface area contributed by atoms with Crippen molar-refractivity contribution in [2.75, 3.05) is 38.8 Å². The van der Waals surface area contributed by atoms with E-state index in [4.69, 9.17) is 18.9 Å². The molecule has 9 nitrogen and oxygen atoms in total. The molecule has 0 fully saturated rings. The minimum Gasteiger partial charge on any atom is -0.496 e. The molecule has 0 saturated carbocycles. The fraction of sp³-hybridized carbons (Fsp3) is 0.286. The highest BCUT2D eigenvalue weighted by atomic mass is 16.6. The van der Waals surface area contributed by atoms with Crippen LogP contribution in [-0.2, 0) is 14.3 Å². The number of hydrogen-bond acceptors (Lipinski definition) is 7. The summed E-state index contributed by atoms with van der Waals surface area (Å²) in [6.07, 6.45) is -0.0712. The highest BCUT2D eigenvalue weighted by Gasteiger charge is 2.15. The predicted octanol–water partition coefficient (Wildman–Crippen LogP) is 1.77. The monoisotopic (exact) mass is 414 g/mol. The van der Waals surface area contributed by atoms with E-state index >= 15 is 0 Å². The highest BCUT2D eigenvalue weighted by Crippen LogP contribution is 2.32. The van der Waals surface area contributed by atoms with Gasteiger partial charge in [0.1, 0.15) is 19.0 Å². The van der Waals surface area contributed by atoms with Gasteiger partial charge >= 0.3 is 5.97 Å². The summed E-state index contributed by atoms with van der Waals surface area (Å²) in [6.45, 7) is 0.552. The summed E-state index contributed by atoms with van der Waals surface area (Å²) in [6, 6.07) is 11.8. The van der Waals surface area contributed by atoms with Gasteiger partial charge < -0.3 is 29.6 Å². The van der Waals surface area contributed by atoms with Crippen LogP contribution in [-0.4, -0.2) is 51.3 Å². The molecule has 2 aromatic rings. The van der Waals surface area contributed by atoms with Crippen molar-refractivity contribution in [2.24, 2.45) is 0 Å². The molecule has 0 saturated heterocycles. The maximum atomic E-state index is 12.2. The molecule has 2 N–H and O–H groups in total. The summed E-state index contributed by atoms with van der Waals surface area (Å²) >= 11 is 0. The first-order valence-corrected chi connectivity index (χ1v) is 9.33. The predicted molar refractivity (Wildman–Crippen MR) is 107 cm³/mol. The molecule has 0 spiro atoms. The number of para-hydroxylation sites is 1. The van der Waals surface area contributed by atoms with Crippen LogP contribution in [0.2, 0.25) is 0 Å². The minimum absolute atomic E-state index is 0.0689. The Balaban J connectivity index is 1.38. The Morgan fingerprint density at radius 1 is 1.03 bits per heavy atom. The first-order chi connectivity index (χ1) is 14.6. The van der Waals surface area contributed by atoms with Gasteiger partial charge in [-0.25, -0.2) is 0 Å². The fourth-order valence-electron chi connectivity index (χ4n) is 2.74. The van der Waals surface area contributed by atoms with Crippen molar-refractivity contribution < 1.29 is 33.3 Å². The topological polar surface area (TPSA) is 112 Å². The van der Waals surface area contributed by atoms with Gasteiger partial charge in [-0.2, -0.15) is 0 Å². The quantitative estimate of drug-likeness (QED) is 0.633. The van der Waals surface area contributed by atoms with Crippen LogP contribution in [0.5, 0.6) is 17.2 Å². The Morgan fingerprint density at radius 3 is 2.60 bits per heavy atom. The Morgan fingerprint density at radius 2 is 1.80 bits per heavy atom. The number of rotatable bonds is 8. The third-order valence-corrected chi connectivity index (χ3v) is 4.16. The van der Waals surface area contributed by atoms with Gasteiger partial charge in [0.05, 0.1) is 19.1 Å². The van der Waals surface area contributed by atoms with E-state index < -0.39 is 18.5 Å². The number of benzene rings is 2. The minimum atomic E-state index is -0.604. The first-order valence-electron chi connectivity index (χ1n) is 9.33. The number of fused-ring (bicyclic) bond motifs is 1. The van der Waals surface area contributed by atoms with Gasteiger partial charge in [-0.05, 0) is 24.3 Å². The molecule has 9 heteroatoms. The van der Waals surface area contributed by atoms with E-state index in [1.54, 1.807) is 42.5 Å². The van der Waals surface area contributed by atoms with E-state index in [2.05, 4.69) is 10.6 Å². The summed E-state index contributed by atoms with van der Waals surface area (Å²) in [5.74, 6) is 0.137. The van der Waals surface area contributed by atoms with Crippen molar-refractivity contribution in [3.8, 4) is 17.2 Å². The maximum Gasteiger partial charge on any atom is 0.308 e. The number of amides is 2. The molecule has 30 heavy (non-hydrogen) atoms. The second-order valence-electron chi connectivity index (χ2n) is 6.27. The van der Waals surface area contributed by atoms with E-state index in [1.165, 1.54) is 7.11 Å². The Labute approximate surface area is 173 Å². The molecular weight excluding hydrogens is 392 g/mol. The number of anilines is 1. The van der Waals surface area contributed by atoms with Crippen LogP contribution < -0.4 is 24.8 Å². The molecule has 1 aliphatic rings. The van der Waals surface area contributed by atoms with Crippen LogP contribution in [0.1, 0.15) is 16.8 Å². The number of carbonyl (C=O) groups is 3. The molecular formula is C21H22N2O7. The van der Waals surface area contributed by atoms with Crippen LogP contribution in [0.3, 0.4) is 0 Å². The molecule has 3 rings (SSSR count). The smallest absolute Gasteiger partial charge is 0.308 e. The molecule has 1 aliphatic heterocycles. The van der Waals surface area contributed by atoms with Gasteiger partial charge in [0.25, 0.3) is 11.8 Å². The standard InChI is InChI=1S/C21H22N2O7/c1-27-16-5-3-2-4-15(16)21(26)22-9-8-20(25)30-13-19(24)23-14-6-7-17-18(12-14)29-11-10-28-17/h2-7,12H,8-11,13H2,1H3,(H,22,26)(H,23,24). The lowest BCUT2D eigenvalue weighted by molar-refractivity contribution is -0.147. The number of carbonyl (C=O) groups excluding carboxylic acids is 3. The molecule has 0 aliphatic carbocycles. The van der Waals surface area contributed by atoms with E-state index in [1.807, 2.05) is 0 Å². The lowest BCUT2D eigenvalue weighted by atomic mass is 10.2. The molecule has 2 aromatic carbocycles. The second kappa shape index (κ2) is 10.1. The van der Waals surface area contributed by atoms with Crippen molar-refractivity contribution in [2.45, 2.75) is 6.42 Å². The summed E-state index contributed by atoms with van der Waals surface area (Å²) in [5, 5.41) is 5.24. The van der Waals surface area contributed by atoms with Gasteiger partial charge in [0.15, 0.2) is 18.1 Å². The van der Waals surface area contributed by atoms with Crippen LogP contribution >= 0.6 is 0 Å². The molecule has 0 aromatic heterocycles. The third-order valence-electron chi connectivity index (χ3n) is 4.16. The molecule has 0 unspecified atom stereocenters. The molecule has 158 valence electrons. The van der Waals surface area contributed by atoms with Crippen molar-refractivity contribution in [3.63, 3.8) is 0 Å². The number of esters is 1. The van der Waals surface area contributed by atoms with Crippen molar-refractivity contribution in [3.05, 3.63) is 48.0 Å². The largest absolute Gasteiger partial charge is 0.496 e. The summed E-state index contributed by atoms with van der Waals surface area (Å²) in [7, 11) is 1.47. The zero-order valence-corrected chi connectivity index (χ0v) is 16.4. The van der Waals surface area contributed by atoms with Crippen LogP contribution in [0.25, 0.3) is 0 Å². The summed E-state index contributed by atoms with van der Waals surface area (Å²) in [4.78, 5) is 35.9. The zero-order valence-electron chi connectivity index (χ0n) is 16.4. The van der Waals surface area contributed by atoms with E-state index in [-0.39, 0.29) is 18.9 Å². The van der Waals surface area contributed by atoms with Crippen LogP contribution in [0.4, 0.5) is 5.69 Å². The number of ether oxygens (including phenoxy) is 4. The first kappa shape index (κ1) is 21.0. The van der Waals surface area contributed by atoms with Crippen LogP contribution in [0.15, 0.2) is 42.5 Å². The van der Waals surface area contributed by atoms with E-state index in [9.17, 15) is 14.4 Å². The van der Waals surface area contributed by atoms with Gasteiger partial charge in [-0.15, -0.1) is 0 Å². The van der Waals surface area contributed by atoms with Gasteiger partial charge in [-0.1, -0.05) is 12.1 Å². The van der Waals surface area contributed by atoms with E-state index in [0.717, 1.165) is 0 Å². The van der Waals surface area contributed by atoms with Crippen molar-refractivity contribution in [1.82, 2.24) is 5.32 Å². The summed E-state index contributed by atoms with van der Waals surface area (Å²) < 4.78 is 20.9. The molecule has 0 radical (unpaired) electrons. The Kier molecular flexibility index (Phi) is 7.09. The lowest BCUT2D eigenvalue weighted by Gasteiger charge is -2.19. The average Bonchev–Trinajstić information content (AvgIpc) is 2.77. The number of methoxy groups -OCH3 is 1. The van der Waals surface area contributed by atoms with Gasteiger partial charge in [0.2, 0.25) is 0 Å². The third kappa shape index (κ3) is 5.63. The molecule has 1 heterocycles. The molecule has 0 atom stereocenters. The SMILES string of the molecule is COc1ccccc1C(=O)NCCC(=O)OCC(=O)Nc1ccc2c(c1)OCCO2. The van der Waals surface area contributed by atoms with E-state index in [0.29, 0.717) is 41.7 Å².